The largest absolute Gasteiger partial charge is 0.501 e. The molecule has 0 aromatic carbocycles. The average molecular weight is 172 g/mol. The normalized spacial score (nSPS) is 21.4. The van der Waals surface area contributed by atoms with Crippen LogP contribution in [0.3, 0.4) is 0 Å². The molecule has 1 fully saturated rings. The molecule has 0 N–H and O–H groups in total. The van der Waals surface area contributed by atoms with E-state index in [0.717, 1.165) is 11.8 Å². The maximum Gasteiger partial charge on any atom is 0.226 e. The molecular weight excluding hydrogens is 164 g/mol. The first-order valence-electron chi connectivity index (χ1n) is 3.27. The van der Waals surface area contributed by atoms with Gasteiger partial charge in [0.2, 0.25) is 5.12 Å². The van der Waals surface area contributed by atoms with Crippen LogP contribution in [0.2, 0.25) is 0 Å². The Morgan fingerprint density at radius 2 is 2.36 bits per heavy atom. The summed E-state index contributed by atoms with van der Waals surface area (Å²) < 4.78 is 4.84. The summed E-state index contributed by atoms with van der Waals surface area (Å²) in [7, 11) is 0. The third-order valence-electron chi connectivity index (χ3n) is 1.22. The first-order valence-corrected chi connectivity index (χ1v) is 4.26. The third-order valence-corrected chi connectivity index (χ3v) is 2.11. The van der Waals surface area contributed by atoms with Crippen LogP contribution in [-0.4, -0.2) is 23.3 Å². The quantitative estimate of drug-likeness (QED) is 0.350. The van der Waals surface area contributed by atoms with Crippen LogP contribution in [-0.2, 0) is 14.3 Å². The van der Waals surface area contributed by atoms with Crippen molar-refractivity contribution >= 4 is 22.7 Å². The maximum atomic E-state index is 10.9. The van der Waals surface area contributed by atoms with Crippen LogP contribution in [0, 0.1) is 0 Å². The first kappa shape index (κ1) is 8.33. The number of carbonyl (C=O) groups excluding carboxylic acids is 2. The second-order valence-electron chi connectivity index (χ2n) is 1.99. The highest BCUT2D eigenvalue weighted by molar-refractivity contribution is 8.15. The highest BCUT2D eigenvalue weighted by Gasteiger charge is 2.27. The van der Waals surface area contributed by atoms with Gasteiger partial charge in [-0.05, 0) is 6.92 Å². The molecule has 11 heavy (non-hydrogen) atoms. The van der Waals surface area contributed by atoms with Crippen LogP contribution < -0.4 is 0 Å². The Morgan fingerprint density at radius 3 is 2.82 bits per heavy atom. The van der Waals surface area contributed by atoms with E-state index in [0.29, 0.717) is 6.61 Å². The van der Waals surface area contributed by atoms with E-state index >= 15 is 0 Å². The van der Waals surface area contributed by atoms with Crippen molar-refractivity contribution < 1.29 is 14.3 Å². The molecule has 60 valence electrons. The van der Waals surface area contributed by atoms with E-state index in [1.165, 1.54) is 6.26 Å². The molecule has 0 saturated carbocycles. The van der Waals surface area contributed by atoms with E-state index in [9.17, 15) is 9.59 Å². The summed E-state index contributed by atoms with van der Waals surface area (Å²) in [6, 6.07) is 0. The molecule has 0 aromatic heterocycles. The fourth-order valence-electron chi connectivity index (χ4n) is 0.681. The maximum absolute atomic E-state index is 10.9. The Labute approximate surface area is 68.8 Å². The molecule has 0 atom stereocenters. The summed E-state index contributed by atoms with van der Waals surface area (Å²) in [4.78, 5) is 21.8. The number of ketones is 1. The van der Waals surface area contributed by atoms with Gasteiger partial charge in [-0.3, -0.25) is 9.59 Å². The molecule has 0 aromatic rings. The second kappa shape index (κ2) is 3.57. The number of Topliss-reactive ketones (excluding diaryl/α,β-unsaturated/α-hetero) is 1. The summed E-state index contributed by atoms with van der Waals surface area (Å²) in [5.74, 6) is 0.131. The standard InChI is InChI=1S/C7H8O3S/c1-2-10-3-5-6(8)4-11-7(5)9/h3H,2,4H2,1H3. The molecule has 0 aliphatic carbocycles. The molecule has 1 aliphatic rings. The molecule has 0 unspecified atom stereocenters. The van der Waals surface area contributed by atoms with Gasteiger partial charge in [-0.2, -0.15) is 0 Å². The van der Waals surface area contributed by atoms with Gasteiger partial charge < -0.3 is 4.74 Å². The molecule has 1 rings (SSSR count). The molecule has 1 saturated heterocycles. The minimum atomic E-state index is -0.177. The number of thioether (sulfide) groups is 1. The highest BCUT2D eigenvalue weighted by atomic mass is 32.2. The van der Waals surface area contributed by atoms with Crippen molar-refractivity contribution in [3.05, 3.63) is 11.8 Å². The third kappa shape index (κ3) is 1.83. The van der Waals surface area contributed by atoms with Gasteiger partial charge in [0.05, 0.1) is 18.6 Å². The van der Waals surface area contributed by atoms with Gasteiger partial charge in [0.1, 0.15) is 5.57 Å². The van der Waals surface area contributed by atoms with E-state index in [-0.39, 0.29) is 22.2 Å². The van der Waals surface area contributed by atoms with Gasteiger partial charge in [-0.25, -0.2) is 0 Å². The number of ether oxygens (including phenoxy) is 1. The van der Waals surface area contributed by atoms with Gasteiger partial charge in [0.25, 0.3) is 0 Å². The minimum absolute atomic E-state index is 0.131. The Bertz CT molecular complexity index is 202. The predicted molar refractivity (Wildman–Crippen MR) is 42.2 cm³/mol. The molecule has 1 aliphatic heterocycles. The average Bonchev–Trinajstić information content (AvgIpc) is 2.29. The predicted octanol–water partition coefficient (Wildman–Crippen LogP) is 0.749. The lowest BCUT2D eigenvalue weighted by Crippen LogP contribution is -2.01. The monoisotopic (exact) mass is 172 g/mol. The smallest absolute Gasteiger partial charge is 0.226 e. The van der Waals surface area contributed by atoms with E-state index in [2.05, 4.69) is 0 Å². The lowest BCUT2D eigenvalue weighted by atomic mass is 10.2. The zero-order valence-corrected chi connectivity index (χ0v) is 6.94. The molecular formula is C7H8O3S. The number of hydrogen-bond donors (Lipinski definition) is 0. The zero-order valence-electron chi connectivity index (χ0n) is 6.12. The van der Waals surface area contributed by atoms with Crippen LogP contribution in [0.5, 0.6) is 0 Å². The summed E-state index contributed by atoms with van der Waals surface area (Å²) in [6.07, 6.45) is 1.25. The van der Waals surface area contributed by atoms with Crippen molar-refractivity contribution in [3.63, 3.8) is 0 Å². The van der Waals surface area contributed by atoms with Crippen LogP contribution in [0.1, 0.15) is 6.92 Å². The van der Waals surface area contributed by atoms with Crippen molar-refractivity contribution in [1.29, 1.82) is 0 Å². The second-order valence-corrected chi connectivity index (χ2v) is 2.93. The van der Waals surface area contributed by atoms with Crippen LogP contribution in [0.15, 0.2) is 11.8 Å². The van der Waals surface area contributed by atoms with Gasteiger partial charge in [-0.1, -0.05) is 11.8 Å². The van der Waals surface area contributed by atoms with Gasteiger partial charge in [0.15, 0.2) is 5.78 Å². The van der Waals surface area contributed by atoms with E-state index in [4.69, 9.17) is 4.74 Å². The van der Waals surface area contributed by atoms with Crippen molar-refractivity contribution in [2.45, 2.75) is 6.92 Å². The molecule has 3 nitrogen and oxygen atoms in total. The fraction of sp³-hybridized carbons (Fsp3) is 0.429. The number of hydrogen-bond acceptors (Lipinski definition) is 4. The Hall–Kier alpha value is -0.770. The molecule has 0 radical (unpaired) electrons. The lowest BCUT2D eigenvalue weighted by Gasteiger charge is -1.93. The van der Waals surface area contributed by atoms with E-state index < -0.39 is 0 Å². The van der Waals surface area contributed by atoms with E-state index in [1.807, 2.05) is 0 Å². The summed E-state index contributed by atoms with van der Waals surface area (Å²) >= 11 is 1.03. The molecule has 0 spiro atoms. The fourth-order valence-corrected chi connectivity index (χ4v) is 1.42. The Morgan fingerprint density at radius 1 is 1.64 bits per heavy atom. The summed E-state index contributed by atoms with van der Waals surface area (Å²) in [5, 5.41) is -0.177. The molecule has 4 heteroatoms. The minimum Gasteiger partial charge on any atom is -0.501 e. The SMILES string of the molecule is CCOC=C1C(=O)CSC1=O. The van der Waals surface area contributed by atoms with Crippen LogP contribution in [0.25, 0.3) is 0 Å². The number of rotatable bonds is 2. The molecule has 1 heterocycles. The summed E-state index contributed by atoms with van der Waals surface area (Å²) in [6.45, 7) is 2.28. The Kier molecular flexibility index (Phi) is 2.70. The molecule has 0 amide bonds. The Balaban J connectivity index is 2.68. The van der Waals surface area contributed by atoms with Crippen molar-refractivity contribution in [3.8, 4) is 0 Å². The van der Waals surface area contributed by atoms with Crippen LogP contribution >= 0.6 is 11.8 Å². The highest BCUT2D eigenvalue weighted by Crippen LogP contribution is 2.21. The van der Waals surface area contributed by atoms with Crippen molar-refractivity contribution in [1.82, 2.24) is 0 Å². The van der Waals surface area contributed by atoms with Gasteiger partial charge in [0, 0.05) is 0 Å². The van der Waals surface area contributed by atoms with E-state index in [1.54, 1.807) is 6.92 Å². The topological polar surface area (TPSA) is 43.4 Å². The van der Waals surface area contributed by atoms with Crippen LogP contribution in [0.4, 0.5) is 0 Å². The number of carbonyl (C=O) groups is 2. The summed E-state index contributed by atoms with van der Waals surface area (Å²) in [5.41, 5.74) is 0.192. The first-order chi connectivity index (χ1) is 5.25. The van der Waals surface area contributed by atoms with Crippen molar-refractivity contribution in [2.24, 2.45) is 0 Å². The van der Waals surface area contributed by atoms with Gasteiger partial charge in [-0.15, -0.1) is 0 Å². The zero-order chi connectivity index (χ0) is 8.27. The molecule has 0 bridgehead atoms. The lowest BCUT2D eigenvalue weighted by molar-refractivity contribution is -0.115. The van der Waals surface area contributed by atoms with Gasteiger partial charge >= 0.3 is 0 Å². The van der Waals surface area contributed by atoms with Crippen molar-refractivity contribution in [2.75, 3.05) is 12.4 Å².